The van der Waals surface area contributed by atoms with E-state index in [-0.39, 0.29) is 12.5 Å². The summed E-state index contributed by atoms with van der Waals surface area (Å²) in [5.41, 5.74) is 3.25. The van der Waals surface area contributed by atoms with Gasteiger partial charge in [-0.2, -0.15) is 4.98 Å². The lowest BCUT2D eigenvalue weighted by molar-refractivity contribution is -0.127. The Kier molecular flexibility index (Phi) is 4.54. The van der Waals surface area contributed by atoms with Gasteiger partial charge < -0.3 is 9.80 Å². The van der Waals surface area contributed by atoms with Gasteiger partial charge in [0.25, 0.3) is 0 Å². The topological polar surface area (TPSA) is 87.4 Å². The van der Waals surface area contributed by atoms with Crippen molar-refractivity contribution < 1.29 is 4.79 Å². The zero-order chi connectivity index (χ0) is 15.4. The average molecular weight is 288 g/mol. The molecule has 0 saturated carbocycles. The van der Waals surface area contributed by atoms with Crippen LogP contribution in [0, 0.1) is 0 Å². The maximum absolute atomic E-state index is 12.0. The van der Waals surface area contributed by atoms with Crippen LogP contribution in [0.25, 0.3) is 10.9 Å². The molecule has 1 heterocycles. The van der Waals surface area contributed by atoms with E-state index >= 15 is 0 Å². The molecule has 2 aromatic rings. The number of carbonyl (C=O) groups excluding carboxylic acids is 1. The maximum atomic E-state index is 12.0. The number of hydrazine groups is 1. The van der Waals surface area contributed by atoms with Crippen LogP contribution in [0.1, 0.15) is 6.92 Å². The Labute approximate surface area is 123 Å². The number of rotatable bonds is 5. The van der Waals surface area contributed by atoms with Crippen LogP contribution < -0.4 is 16.2 Å². The minimum atomic E-state index is 0.0156. The first-order valence-electron chi connectivity index (χ1n) is 6.75. The second-order valence-corrected chi connectivity index (χ2v) is 4.83. The predicted octanol–water partition coefficient (Wildman–Crippen LogP) is 0.830. The molecule has 2 rings (SSSR count). The lowest BCUT2D eigenvalue weighted by Crippen LogP contribution is -2.37. The molecule has 0 saturated heterocycles. The molecule has 0 bridgehead atoms. The summed E-state index contributed by atoms with van der Waals surface area (Å²) in [6.45, 7) is 2.90. The third kappa shape index (κ3) is 3.19. The van der Waals surface area contributed by atoms with Gasteiger partial charge in [-0.1, -0.05) is 12.1 Å². The van der Waals surface area contributed by atoms with E-state index in [9.17, 15) is 4.79 Å². The highest BCUT2D eigenvalue weighted by atomic mass is 16.2. The molecule has 112 valence electrons. The Bertz CT molecular complexity index is 642. The van der Waals surface area contributed by atoms with Crippen molar-refractivity contribution in [3.63, 3.8) is 0 Å². The van der Waals surface area contributed by atoms with Crippen molar-refractivity contribution in [1.82, 2.24) is 14.9 Å². The third-order valence-corrected chi connectivity index (χ3v) is 3.22. The number of likely N-dealkylation sites (N-methyl/N-ethyl adjacent to an activating group) is 2. The van der Waals surface area contributed by atoms with Crippen molar-refractivity contribution in [2.45, 2.75) is 6.92 Å². The van der Waals surface area contributed by atoms with E-state index in [4.69, 9.17) is 5.84 Å². The van der Waals surface area contributed by atoms with Gasteiger partial charge in [0, 0.05) is 26.0 Å². The number of fused-ring (bicyclic) bond motifs is 1. The third-order valence-electron chi connectivity index (χ3n) is 3.22. The molecule has 0 spiro atoms. The Morgan fingerprint density at radius 3 is 2.62 bits per heavy atom. The summed E-state index contributed by atoms with van der Waals surface area (Å²) in [6, 6.07) is 7.66. The number of nitrogen functional groups attached to an aromatic ring is 1. The number of nitrogens with zero attached hydrogens (tertiary/aromatic N) is 4. The van der Waals surface area contributed by atoms with Crippen molar-refractivity contribution >= 4 is 28.6 Å². The van der Waals surface area contributed by atoms with Gasteiger partial charge in [0.1, 0.15) is 5.82 Å². The minimum Gasteiger partial charge on any atom is -0.347 e. The van der Waals surface area contributed by atoms with Gasteiger partial charge in [0.05, 0.1) is 12.1 Å². The normalized spacial score (nSPS) is 10.5. The van der Waals surface area contributed by atoms with Crippen LogP contribution in [0.15, 0.2) is 24.3 Å². The fraction of sp³-hybridized carbons (Fsp3) is 0.357. The molecule has 1 aromatic heterocycles. The number of hydrogen-bond acceptors (Lipinski definition) is 6. The number of para-hydroxylation sites is 1. The van der Waals surface area contributed by atoms with Crippen molar-refractivity contribution in [2.75, 3.05) is 37.5 Å². The van der Waals surface area contributed by atoms with Crippen LogP contribution in [0.4, 0.5) is 11.8 Å². The number of hydrogen-bond donors (Lipinski definition) is 2. The molecule has 0 aliphatic heterocycles. The summed E-state index contributed by atoms with van der Waals surface area (Å²) in [4.78, 5) is 24.2. The van der Waals surface area contributed by atoms with Crippen LogP contribution in [-0.2, 0) is 4.79 Å². The Morgan fingerprint density at radius 2 is 2.00 bits per heavy atom. The zero-order valence-corrected chi connectivity index (χ0v) is 12.5. The highest BCUT2D eigenvalue weighted by Crippen LogP contribution is 2.24. The largest absolute Gasteiger partial charge is 0.347 e. The molecule has 0 unspecified atom stereocenters. The predicted molar refractivity (Wildman–Crippen MR) is 83.9 cm³/mol. The molecule has 1 aromatic carbocycles. The monoisotopic (exact) mass is 288 g/mol. The van der Waals surface area contributed by atoms with Gasteiger partial charge in [-0.3, -0.25) is 10.2 Å². The van der Waals surface area contributed by atoms with E-state index in [2.05, 4.69) is 15.4 Å². The molecular formula is C14H20N6O. The smallest absolute Gasteiger partial charge is 0.241 e. The number of benzene rings is 1. The summed E-state index contributed by atoms with van der Waals surface area (Å²) < 4.78 is 0. The zero-order valence-electron chi connectivity index (χ0n) is 12.5. The Balaban J connectivity index is 2.49. The maximum Gasteiger partial charge on any atom is 0.241 e. The molecule has 0 radical (unpaired) electrons. The number of amides is 1. The molecule has 0 fully saturated rings. The van der Waals surface area contributed by atoms with E-state index < -0.39 is 0 Å². The summed E-state index contributed by atoms with van der Waals surface area (Å²) in [6.07, 6.45) is 0. The van der Waals surface area contributed by atoms with Crippen LogP contribution in [0.2, 0.25) is 0 Å². The van der Waals surface area contributed by atoms with Gasteiger partial charge >= 0.3 is 0 Å². The molecular weight excluding hydrogens is 268 g/mol. The number of nitrogens with one attached hydrogen (secondary N) is 1. The van der Waals surface area contributed by atoms with Crippen molar-refractivity contribution in [3.8, 4) is 0 Å². The van der Waals surface area contributed by atoms with Crippen LogP contribution in [0.5, 0.6) is 0 Å². The average Bonchev–Trinajstić information content (AvgIpc) is 2.51. The first kappa shape index (κ1) is 15.0. The van der Waals surface area contributed by atoms with Crippen LogP contribution >= 0.6 is 0 Å². The van der Waals surface area contributed by atoms with Gasteiger partial charge in [0.2, 0.25) is 11.9 Å². The van der Waals surface area contributed by atoms with E-state index in [1.54, 1.807) is 19.0 Å². The number of nitrogens with two attached hydrogens (primary N) is 1. The fourth-order valence-electron chi connectivity index (χ4n) is 2.01. The van der Waals surface area contributed by atoms with Crippen LogP contribution in [-0.4, -0.2) is 48.0 Å². The van der Waals surface area contributed by atoms with Crippen LogP contribution in [0.3, 0.4) is 0 Å². The van der Waals surface area contributed by atoms with E-state index in [1.165, 1.54) is 0 Å². The molecule has 7 heteroatoms. The van der Waals surface area contributed by atoms with E-state index in [0.29, 0.717) is 18.3 Å². The molecule has 0 aliphatic rings. The first-order chi connectivity index (χ1) is 10.1. The second kappa shape index (κ2) is 6.36. The number of carbonyl (C=O) groups is 1. The second-order valence-electron chi connectivity index (χ2n) is 4.83. The molecule has 0 aliphatic carbocycles. The lowest BCUT2D eigenvalue weighted by atomic mass is 10.2. The SMILES string of the molecule is CCN(CC(=O)N(C)C)c1nc(NN)nc2ccccc12. The summed E-state index contributed by atoms with van der Waals surface area (Å²) >= 11 is 0. The van der Waals surface area contributed by atoms with Crippen molar-refractivity contribution in [2.24, 2.45) is 5.84 Å². The Hall–Kier alpha value is -2.41. The highest BCUT2D eigenvalue weighted by molar-refractivity contribution is 5.92. The summed E-state index contributed by atoms with van der Waals surface area (Å²) in [7, 11) is 3.47. The molecule has 3 N–H and O–H groups in total. The minimum absolute atomic E-state index is 0.0156. The first-order valence-corrected chi connectivity index (χ1v) is 6.75. The Morgan fingerprint density at radius 1 is 1.29 bits per heavy atom. The molecule has 21 heavy (non-hydrogen) atoms. The number of anilines is 2. The standard InChI is InChI=1S/C14H20N6O/c1-4-20(9-12(21)19(2)3)13-10-7-5-6-8-11(10)16-14(17-13)18-15/h5-8H,4,9,15H2,1-3H3,(H,16,17,18). The fourth-order valence-corrected chi connectivity index (χ4v) is 2.01. The van der Waals surface area contributed by atoms with Gasteiger partial charge in [-0.05, 0) is 19.1 Å². The van der Waals surface area contributed by atoms with Gasteiger partial charge in [-0.15, -0.1) is 0 Å². The lowest BCUT2D eigenvalue weighted by Gasteiger charge is -2.24. The van der Waals surface area contributed by atoms with E-state index in [0.717, 1.165) is 10.9 Å². The molecule has 0 atom stereocenters. The molecule has 7 nitrogen and oxygen atoms in total. The highest BCUT2D eigenvalue weighted by Gasteiger charge is 2.16. The van der Waals surface area contributed by atoms with Crippen molar-refractivity contribution in [1.29, 1.82) is 0 Å². The summed E-state index contributed by atoms with van der Waals surface area (Å²) in [5.74, 6) is 6.48. The summed E-state index contributed by atoms with van der Waals surface area (Å²) in [5, 5.41) is 0.893. The van der Waals surface area contributed by atoms with Gasteiger partial charge in [0.15, 0.2) is 0 Å². The van der Waals surface area contributed by atoms with Crippen molar-refractivity contribution in [3.05, 3.63) is 24.3 Å². The van der Waals surface area contributed by atoms with E-state index in [1.807, 2.05) is 36.1 Å². The van der Waals surface area contributed by atoms with Gasteiger partial charge in [-0.25, -0.2) is 10.8 Å². The molecule has 1 amide bonds. The quantitative estimate of drug-likeness (QED) is 0.626. The number of aromatic nitrogens is 2.